The molecule has 14 heavy (non-hydrogen) atoms. The predicted octanol–water partition coefficient (Wildman–Crippen LogP) is 0.510. The van der Waals surface area contributed by atoms with Crippen LogP contribution < -0.4 is 5.73 Å². The number of carbonyl (C=O) groups excluding carboxylic acids is 2. The molecule has 2 amide bonds. The quantitative estimate of drug-likeness (QED) is 0.529. The lowest BCUT2D eigenvalue weighted by Gasteiger charge is -2.17. The first kappa shape index (κ1) is 11.2. The van der Waals surface area contributed by atoms with Crippen LogP contribution in [0.1, 0.15) is 33.1 Å². The number of imide groups is 1. The molecule has 1 aliphatic heterocycles. The third-order valence-corrected chi connectivity index (χ3v) is 2.55. The molecular formula is C10H18N2O2. The zero-order chi connectivity index (χ0) is 10.8. The Labute approximate surface area is 84.4 Å². The summed E-state index contributed by atoms with van der Waals surface area (Å²) in [6.07, 6.45) is 2.01. The Balaban J connectivity index is 2.53. The molecule has 0 aromatic carbocycles. The van der Waals surface area contributed by atoms with Crippen molar-refractivity contribution in [2.45, 2.75) is 33.1 Å². The van der Waals surface area contributed by atoms with Crippen molar-refractivity contribution in [1.29, 1.82) is 0 Å². The van der Waals surface area contributed by atoms with Crippen LogP contribution in [-0.4, -0.2) is 29.8 Å². The van der Waals surface area contributed by atoms with Crippen LogP contribution in [0, 0.1) is 5.41 Å². The summed E-state index contributed by atoms with van der Waals surface area (Å²) < 4.78 is 0. The highest BCUT2D eigenvalue weighted by molar-refractivity contribution is 6.05. The first-order valence-electron chi connectivity index (χ1n) is 5.04. The highest BCUT2D eigenvalue weighted by Crippen LogP contribution is 2.31. The van der Waals surface area contributed by atoms with E-state index in [1.54, 1.807) is 0 Å². The van der Waals surface area contributed by atoms with Crippen LogP contribution in [0.3, 0.4) is 0 Å². The van der Waals surface area contributed by atoms with Gasteiger partial charge in [0.25, 0.3) is 0 Å². The first-order chi connectivity index (χ1) is 6.49. The highest BCUT2D eigenvalue weighted by Gasteiger charge is 2.44. The molecule has 0 aromatic heterocycles. The normalized spacial score (nSPS) is 20.6. The fourth-order valence-electron chi connectivity index (χ4n) is 1.67. The Morgan fingerprint density at radius 1 is 1.36 bits per heavy atom. The maximum absolute atomic E-state index is 11.7. The fourth-order valence-corrected chi connectivity index (χ4v) is 1.67. The van der Waals surface area contributed by atoms with Gasteiger partial charge >= 0.3 is 0 Å². The number of likely N-dealkylation sites (tertiary alicyclic amines) is 1. The molecule has 0 saturated carbocycles. The van der Waals surface area contributed by atoms with E-state index in [1.807, 2.05) is 13.8 Å². The fraction of sp³-hybridized carbons (Fsp3) is 0.800. The minimum absolute atomic E-state index is 0.0421. The van der Waals surface area contributed by atoms with E-state index in [9.17, 15) is 9.59 Å². The van der Waals surface area contributed by atoms with Gasteiger partial charge in [-0.05, 0) is 19.4 Å². The van der Waals surface area contributed by atoms with Crippen molar-refractivity contribution in [2.75, 3.05) is 13.1 Å². The summed E-state index contributed by atoms with van der Waals surface area (Å²) in [5.41, 5.74) is 4.85. The molecule has 0 aromatic rings. The van der Waals surface area contributed by atoms with Crippen molar-refractivity contribution in [3.63, 3.8) is 0 Å². The van der Waals surface area contributed by atoms with E-state index in [0.717, 1.165) is 12.8 Å². The standard InChI is InChI=1S/C10H18N2O2/c1-10(2)7-8(13)12(9(10)14)6-4-3-5-11/h3-7,11H2,1-2H3. The third-order valence-electron chi connectivity index (χ3n) is 2.55. The zero-order valence-electron chi connectivity index (χ0n) is 8.88. The summed E-state index contributed by atoms with van der Waals surface area (Å²) in [4.78, 5) is 24.5. The number of nitrogens with zero attached hydrogens (tertiary/aromatic N) is 1. The molecule has 0 spiro atoms. The van der Waals surface area contributed by atoms with E-state index in [4.69, 9.17) is 5.73 Å². The van der Waals surface area contributed by atoms with E-state index in [-0.39, 0.29) is 11.8 Å². The number of rotatable bonds is 4. The molecule has 0 aliphatic carbocycles. The van der Waals surface area contributed by atoms with Crippen molar-refractivity contribution in [1.82, 2.24) is 4.90 Å². The van der Waals surface area contributed by atoms with Crippen LogP contribution in [-0.2, 0) is 9.59 Å². The van der Waals surface area contributed by atoms with E-state index in [0.29, 0.717) is 19.5 Å². The highest BCUT2D eigenvalue weighted by atomic mass is 16.2. The summed E-state index contributed by atoms with van der Waals surface area (Å²) in [6.45, 7) is 4.77. The van der Waals surface area contributed by atoms with Gasteiger partial charge in [0.2, 0.25) is 11.8 Å². The summed E-state index contributed by atoms with van der Waals surface area (Å²) >= 11 is 0. The molecule has 1 fully saturated rings. The second-order valence-electron chi connectivity index (χ2n) is 4.41. The van der Waals surface area contributed by atoms with Crippen LogP contribution in [0.5, 0.6) is 0 Å². The number of carbonyl (C=O) groups is 2. The third kappa shape index (κ3) is 2.12. The number of nitrogens with two attached hydrogens (primary N) is 1. The summed E-state index contributed by atoms with van der Waals surface area (Å²) in [5, 5.41) is 0. The second kappa shape index (κ2) is 4.09. The predicted molar refractivity (Wildman–Crippen MR) is 53.4 cm³/mol. The molecule has 0 radical (unpaired) electrons. The van der Waals surface area contributed by atoms with E-state index >= 15 is 0 Å². The lowest BCUT2D eigenvalue weighted by Crippen LogP contribution is -2.34. The summed E-state index contributed by atoms with van der Waals surface area (Å²) in [5.74, 6) is -0.0865. The first-order valence-corrected chi connectivity index (χ1v) is 5.04. The Bertz CT molecular complexity index is 249. The molecule has 4 nitrogen and oxygen atoms in total. The SMILES string of the molecule is CC1(C)CC(=O)N(CCCCN)C1=O. The van der Waals surface area contributed by atoms with E-state index in [1.165, 1.54) is 4.90 Å². The second-order valence-corrected chi connectivity index (χ2v) is 4.41. The largest absolute Gasteiger partial charge is 0.330 e. The summed E-state index contributed by atoms with van der Waals surface area (Å²) in [7, 11) is 0. The molecule has 4 heteroatoms. The number of hydrogen-bond donors (Lipinski definition) is 1. The monoisotopic (exact) mass is 198 g/mol. The van der Waals surface area contributed by atoms with Gasteiger partial charge in [-0.3, -0.25) is 14.5 Å². The van der Waals surface area contributed by atoms with Crippen LogP contribution in [0.15, 0.2) is 0 Å². The van der Waals surface area contributed by atoms with E-state index < -0.39 is 5.41 Å². The lowest BCUT2D eigenvalue weighted by atomic mass is 9.92. The number of unbranched alkanes of at least 4 members (excludes halogenated alkanes) is 1. The van der Waals surface area contributed by atoms with Gasteiger partial charge in [0, 0.05) is 13.0 Å². The molecule has 1 aliphatic rings. The van der Waals surface area contributed by atoms with Crippen LogP contribution >= 0.6 is 0 Å². The van der Waals surface area contributed by atoms with Gasteiger partial charge < -0.3 is 5.73 Å². The topological polar surface area (TPSA) is 63.4 Å². The minimum atomic E-state index is -0.500. The van der Waals surface area contributed by atoms with Gasteiger partial charge in [-0.25, -0.2) is 0 Å². The molecular weight excluding hydrogens is 180 g/mol. The average Bonchev–Trinajstić information content (AvgIpc) is 2.27. The number of hydrogen-bond acceptors (Lipinski definition) is 3. The molecule has 0 unspecified atom stereocenters. The van der Waals surface area contributed by atoms with Gasteiger partial charge in [0.05, 0.1) is 5.41 Å². The maximum Gasteiger partial charge on any atom is 0.235 e. The van der Waals surface area contributed by atoms with Crippen LogP contribution in [0.4, 0.5) is 0 Å². The summed E-state index contributed by atoms with van der Waals surface area (Å²) in [6, 6.07) is 0. The zero-order valence-corrected chi connectivity index (χ0v) is 8.88. The molecule has 2 N–H and O–H groups in total. The molecule has 0 atom stereocenters. The van der Waals surface area contributed by atoms with Crippen LogP contribution in [0.25, 0.3) is 0 Å². The number of amides is 2. The molecule has 80 valence electrons. The van der Waals surface area contributed by atoms with Gasteiger partial charge in [0.15, 0.2) is 0 Å². The Morgan fingerprint density at radius 3 is 2.43 bits per heavy atom. The lowest BCUT2D eigenvalue weighted by molar-refractivity contribution is -0.140. The van der Waals surface area contributed by atoms with Crippen molar-refractivity contribution in [2.24, 2.45) is 11.1 Å². The minimum Gasteiger partial charge on any atom is -0.330 e. The van der Waals surface area contributed by atoms with Gasteiger partial charge in [-0.15, -0.1) is 0 Å². The maximum atomic E-state index is 11.7. The van der Waals surface area contributed by atoms with Crippen molar-refractivity contribution in [3.8, 4) is 0 Å². The van der Waals surface area contributed by atoms with Crippen molar-refractivity contribution in [3.05, 3.63) is 0 Å². The van der Waals surface area contributed by atoms with Crippen molar-refractivity contribution < 1.29 is 9.59 Å². The van der Waals surface area contributed by atoms with Crippen molar-refractivity contribution >= 4 is 11.8 Å². The molecule has 0 bridgehead atoms. The van der Waals surface area contributed by atoms with Gasteiger partial charge in [0.1, 0.15) is 0 Å². The Hall–Kier alpha value is -0.900. The molecule has 1 heterocycles. The Kier molecular flexibility index (Phi) is 3.26. The average molecular weight is 198 g/mol. The molecule has 1 saturated heterocycles. The molecule has 1 rings (SSSR count). The van der Waals surface area contributed by atoms with Crippen LogP contribution in [0.2, 0.25) is 0 Å². The van der Waals surface area contributed by atoms with E-state index in [2.05, 4.69) is 0 Å². The van der Waals surface area contributed by atoms with Gasteiger partial charge in [-0.2, -0.15) is 0 Å². The Morgan fingerprint density at radius 2 is 2.00 bits per heavy atom. The smallest absolute Gasteiger partial charge is 0.235 e. The van der Waals surface area contributed by atoms with Gasteiger partial charge in [-0.1, -0.05) is 13.8 Å².